The number of hydrogen-bond donors (Lipinski definition) is 2. The summed E-state index contributed by atoms with van der Waals surface area (Å²) in [7, 11) is 0. The topological polar surface area (TPSA) is 58.2 Å². The Kier molecular flexibility index (Phi) is 8.02. The summed E-state index contributed by atoms with van der Waals surface area (Å²) in [6.45, 7) is 3.88. The Morgan fingerprint density at radius 1 is 0.935 bits per heavy atom. The fraction of sp³-hybridized carbons (Fsp3) is 0.167. The van der Waals surface area contributed by atoms with Gasteiger partial charge in [-0.05, 0) is 67.4 Å². The predicted octanol–water partition coefficient (Wildman–Crippen LogP) is 7.06. The van der Waals surface area contributed by atoms with Crippen molar-refractivity contribution in [3.05, 3.63) is 87.9 Å². The lowest BCUT2D eigenvalue weighted by Gasteiger charge is -2.16. The predicted molar refractivity (Wildman–Crippen MR) is 131 cm³/mol. The first-order chi connectivity index (χ1) is 14.9. The number of carbonyl (C=O) groups is 2. The third kappa shape index (κ3) is 6.50. The van der Waals surface area contributed by atoms with E-state index >= 15 is 0 Å². The van der Waals surface area contributed by atoms with Crippen LogP contribution in [0.1, 0.15) is 29.3 Å². The number of carbonyl (C=O) groups excluding carboxylic acids is 2. The summed E-state index contributed by atoms with van der Waals surface area (Å²) in [5.41, 5.74) is 2.75. The molecule has 0 aliphatic carbocycles. The molecule has 0 aliphatic heterocycles. The van der Waals surface area contributed by atoms with Gasteiger partial charge in [-0.2, -0.15) is 0 Å². The molecule has 3 aromatic carbocycles. The van der Waals surface area contributed by atoms with Gasteiger partial charge >= 0.3 is 0 Å². The number of amides is 2. The molecular weight excluding hydrogens is 451 g/mol. The Morgan fingerprint density at radius 3 is 2.39 bits per heavy atom. The van der Waals surface area contributed by atoms with Crippen molar-refractivity contribution in [2.75, 3.05) is 10.6 Å². The number of hydrogen-bond acceptors (Lipinski definition) is 3. The number of aryl methyl sites for hydroxylation is 1. The zero-order valence-electron chi connectivity index (χ0n) is 17.1. The Labute approximate surface area is 196 Å². The van der Waals surface area contributed by atoms with E-state index in [2.05, 4.69) is 10.6 Å². The second kappa shape index (κ2) is 10.7. The maximum atomic E-state index is 12.8. The van der Waals surface area contributed by atoms with Crippen molar-refractivity contribution < 1.29 is 9.59 Å². The lowest BCUT2D eigenvalue weighted by Crippen LogP contribution is -2.24. The standard InChI is InChI=1S/C24H22Cl2N2O2S/c1-3-22(24(30)28-19-11-10-15(2)21(26)14-19)31-20-9-5-8-18(13-20)27-23(29)16-6-4-7-17(25)12-16/h4-14,22H,3H2,1-2H3,(H,27,29)(H,28,30). The van der Waals surface area contributed by atoms with Crippen molar-refractivity contribution >= 4 is 58.2 Å². The first kappa shape index (κ1) is 23.2. The molecule has 0 saturated heterocycles. The van der Waals surface area contributed by atoms with Crippen LogP contribution in [0.15, 0.2) is 71.6 Å². The van der Waals surface area contributed by atoms with Gasteiger partial charge in [-0.3, -0.25) is 9.59 Å². The van der Waals surface area contributed by atoms with Gasteiger partial charge < -0.3 is 10.6 Å². The summed E-state index contributed by atoms with van der Waals surface area (Å²) >= 11 is 13.6. The van der Waals surface area contributed by atoms with Crippen molar-refractivity contribution in [2.24, 2.45) is 0 Å². The van der Waals surface area contributed by atoms with Crippen LogP contribution in [-0.2, 0) is 4.79 Å². The van der Waals surface area contributed by atoms with Crippen molar-refractivity contribution in [3.63, 3.8) is 0 Å². The van der Waals surface area contributed by atoms with E-state index in [9.17, 15) is 9.59 Å². The zero-order valence-corrected chi connectivity index (χ0v) is 19.4. The summed E-state index contributed by atoms with van der Waals surface area (Å²) in [5.74, 6) is -0.341. The second-order valence-corrected chi connectivity index (χ2v) is 9.08. The molecule has 3 rings (SSSR count). The number of halogens is 2. The molecule has 2 amide bonds. The van der Waals surface area contributed by atoms with Crippen LogP contribution in [-0.4, -0.2) is 17.1 Å². The quantitative estimate of drug-likeness (QED) is 0.361. The van der Waals surface area contributed by atoms with Gasteiger partial charge in [0.15, 0.2) is 0 Å². The Hall–Kier alpha value is -2.47. The summed E-state index contributed by atoms with van der Waals surface area (Å²) in [6.07, 6.45) is 0.648. The molecule has 0 fully saturated rings. The van der Waals surface area contributed by atoms with Gasteiger partial charge in [0.25, 0.3) is 5.91 Å². The first-order valence-corrected chi connectivity index (χ1v) is 11.4. The van der Waals surface area contributed by atoms with Gasteiger partial charge in [0.05, 0.1) is 5.25 Å². The van der Waals surface area contributed by atoms with Crippen LogP contribution in [0.25, 0.3) is 0 Å². The Balaban J connectivity index is 1.67. The number of benzene rings is 3. The third-order valence-electron chi connectivity index (χ3n) is 4.56. The first-order valence-electron chi connectivity index (χ1n) is 9.76. The normalized spacial score (nSPS) is 11.6. The largest absolute Gasteiger partial charge is 0.325 e. The average molecular weight is 473 g/mol. The molecule has 4 nitrogen and oxygen atoms in total. The molecule has 0 saturated carbocycles. The molecule has 7 heteroatoms. The summed E-state index contributed by atoms with van der Waals surface area (Å²) in [4.78, 5) is 26.1. The van der Waals surface area contributed by atoms with Crippen LogP contribution >= 0.6 is 35.0 Å². The summed E-state index contributed by atoms with van der Waals surface area (Å²) in [6, 6.07) is 19.6. The fourth-order valence-electron chi connectivity index (χ4n) is 2.86. The van der Waals surface area contributed by atoms with E-state index in [1.807, 2.05) is 50.2 Å². The summed E-state index contributed by atoms with van der Waals surface area (Å²) in [5, 5.41) is 6.62. The molecular formula is C24H22Cl2N2O2S. The van der Waals surface area contributed by atoms with Crippen molar-refractivity contribution in [1.82, 2.24) is 0 Å². The van der Waals surface area contributed by atoms with Gasteiger partial charge in [-0.1, -0.05) is 48.3 Å². The van der Waals surface area contributed by atoms with Crippen LogP contribution < -0.4 is 10.6 Å². The zero-order chi connectivity index (χ0) is 22.4. The van der Waals surface area contributed by atoms with Crippen LogP contribution in [0.2, 0.25) is 10.0 Å². The molecule has 160 valence electrons. The molecule has 0 aliphatic rings. The molecule has 0 aromatic heterocycles. The van der Waals surface area contributed by atoms with E-state index in [1.165, 1.54) is 11.8 Å². The minimum atomic E-state index is -0.293. The van der Waals surface area contributed by atoms with Crippen LogP contribution in [0.3, 0.4) is 0 Å². The third-order valence-corrected chi connectivity index (χ3v) is 6.56. The SMILES string of the molecule is CCC(Sc1cccc(NC(=O)c2cccc(Cl)c2)c1)C(=O)Nc1ccc(C)c(Cl)c1. The van der Waals surface area contributed by atoms with Crippen molar-refractivity contribution in [3.8, 4) is 0 Å². The number of thioether (sulfide) groups is 1. The fourth-order valence-corrected chi connectivity index (χ4v) is 4.24. The molecule has 0 heterocycles. The van der Waals surface area contributed by atoms with Crippen LogP contribution in [0, 0.1) is 6.92 Å². The van der Waals surface area contributed by atoms with E-state index in [1.54, 1.807) is 30.3 Å². The van der Waals surface area contributed by atoms with E-state index < -0.39 is 0 Å². The van der Waals surface area contributed by atoms with Gasteiger partial charge in [0.2, 0.25) is 5.91 Å². The summed E-state index contributed by atoms with van der Waals surface area (Å²) < 4.78 is 0. The second-order valence-electron chi connectivity index (χ2n) is 6.96. The molecule has 1 atom stereocenters. The van der Waals surface area contributed by atoms with Crippen LogP contribution in [0.4, 0.5) is 11.4 Å². The lowest BCUT2D eigenvalue weighted by atomic mass is 10.2. The van der Waals surface area contributed by atoms with E-state index in [0.29, 0.717) is 33.4 Å². The smallest absolute Gasteiger partial charge is 0.255 e. The van der Waals surface area contributed by atoms with Gasteiger partial charge in [-0.15, -0.1) is 11.8 Å². The monoisotopic (exact) mass is 472 g/mol. The highest BCUT2D eigenvalue weighted by Gasteiger charge is 2.19. The van der Waals surface area contributed by atoms with E-state index in [-0.39, 0.29) is 17.1 Å². The van der Waals surface area contributed by atoms with Crippen molar-refractivity contribution in [2.45, 2.75) is 30.4 Å². The Morgan fingerprint density at radius 2 is 1.68 bits per heavy atom. The highest BCUT2D eigenvalue weighted by atomic mass is 35.5. The van der Waals surface area contributed by atoms with Gasteiger partial charge in [0, 0.05) is 31.9 Å². The molecule has 0 bridgehead atoms. The minimum Gasteiger partial charge on any atom is -0.325 e. The molecule has 0 spiro atoms. The maximum absolute atomic E-state index is 12.8. The molecule has 2 N–H and O–H groups in total. The minimum absolute atomic E-state index is 0.0965. The van der Waals surface area contributed by atoms with E-state index in [0.717, 1.165) is 10.5 Å². The number of rotatable bonds is 7. The van der Waals surface area contributed by atoms with Crippen LogP contribution in [0.5, 0.6) is 0 Å². The molecule has 0 radical (unpaired) electrons. The van der Waals surface area contributed by atoms with Gasteiger partial charge in [0.1, 0.15) is 0 Å². The number of nitrogens with one attached hydrogen (secondary N) is 2. The van der Waals surface area contributed by atoms with Crippen molar-refractivity contribution in [1.29, 1.82) is 0 Å². The molecule has 3 aromatic rings. The highest BCUT2D eigenvalue weighted by Crippen LogP contribution is 2.29. The lowest BCUT2D eigenvalue weighted by molar-refractivity contribution is -0.115. The average Bonchev–Trinajstić information content (AvgIpc) is 2.75. The van der Waals surface area contributed by atoms with Gasteiger partial charge in [-0.25, -0.2) is 0 Å². The number of anilines is 2. The Bertz CT molecular complexity index is 1100. The highest BCUT2D eigenvalue weighted by molar-refractivity contribution is 8.00. The molecule has 31 heavy (non-hydrogen) atoms. The van der Waals surface area contributed by atoms with E-state index in [4.69, 9.17) is 23.2 Å². The molecule has 1 unspecified atom stereocenters. The maximum Gasteiger partial charge on any atom is 0.255 e.